The Balaban J connectivity index is 1.89. The third kappa shape index (κ3) is 4.25. The van der Waals surface area contributed by atoms with Crippen LogP contribution in [0.15, 0.2) is 24.3 Å². The molecule has 1 aromatic heterocycles. The van der Waals surface area contributed by atoms with E-state index in [0.29, 0.717) is 18.0 Å². The van der Waals surface area contributed by atoms with Crippen molar-refractivity contribution in [1.82, 2.24) is 10.2 Å². The second-order valence-electron chi connectivity index (χ2n) is 4.68. The highest BCUT2D eigenvalue weighted by Crippen LogP contribution is 2.24. The van der Waals surface area contributed by atoms with E-state index in [-0.39, 0.29) is 12.0 Å². The number of hydrogen-bond donors (Lipinski definition) is 1. The van der Waals surface area contributed by atoms with Gasteiger partial charge in [0.25, 0.3) is 0 Å². The summed E-state index contributed by atoms with van der Waals surface area (Å²) >= 11 is 1.32. The van der Waals surface area contributed by atoms with Crippen LogP contribution in [0.1, 0.15) is 30.0 Å². The Bertz CT molecular complexity index is 630. The zero-order chi connectivity index (χ0) is 15.9. The number of rotatable bonds is 7. The Morgan fingerprint density at radius 1 is 1.32 bits per heavy atom. The van der Waals surface area contributed by atoms with E-state index in [1.165, 1.54) is 11.3 Å². The van der Waals surface area contributed by atoms with Crippen LogP contribution < -0.4 is 10.1 Å². The summed E-state index contributed by atoms with van der Waals surface area (Å²) in [4.78, 5) is 12.0. The molecule has 0 spiro atoms. The number of nitrogens with zero attached hydrogens (tertiary/aromatic N) is 2. The van der Waals surface area contributed by atoms with Gasteiger partial charge < -0.3 is 14.8 Å². The maximum absolute atomic E-state index is 12.0. The molecule has 2 rings (SSSR count). The standard InChI is InChI=1S/C15H19N3O3S/c1-10(20-2)14-17-18-15(22-14)16-13(19)9-8-11-6-4-5-7-12(11)21-3/h4-7,10H,8-9H2,1-3H3,(H,16,18,19). The van der Waals surface area contributed by atoms with Crippen LogP contribution in [0.2, 0.25) is 0 Å². The average Bonchev–Trinajstić information content (AvgIpc) is 3.00. The molecule has 0 saturated carbocycles. The predicted octanol–water partition coefficient (Wildman–Crippen LogP) is 2.83. The summed E-state index contributed by atoms with van der Waals surface area (Å²) in [7, 11) is 3.23. The maximum Gasteiger partial charge on any atom is 0.226 e. The minimum Gasteiger partial charge on any atom is -0.496 e. The highest BCUT2D eigenvalue weighted by molar-refractivity contribution is 7.15. The first-order chi connectivity index (χ1) is 10.6. The van der Waals surface area contributed by atoms with E-state index in [2.05, 4.69) is 15.5 Å². The number of methoxy groups -OCH3 is 2. The SMILES string of the molecule is COc1ccccc1CCC(=O)Nc1nnc(C(C)OC)s1. The first kappa shape index (κ1) is 16.4. The minimum atomic E-state index is -0.128. The molecule has 1 heterocycles. The van der Waals surface area contributed by atoms with E-state index < -0.39 is 0 Å². The quantitative estimate of drug-likeness (QED) is 0.849. The molecule has 0 aliphatic heterocycles. The van der Waals surface area contributed by atoms with E-state index >= 15 is 0 Å². The van der Waals surface area contributed by atoms with Crippen LogP contribution >= 0.6 is 11.3 Å². The number of hydrogen-bond acceptors (Lipinski definition) is 6. The van der Waals surface area contributed by atoms with Crippen molar-refractivity contribution in [2.75, 3.05) is 19.5 Å². The van der Waals surface area contributed by atoms with Gasteiger partial charge >= 0.3 is 0 Å². The van der Waals surface area contributed by atoms with Crippen molar-refractivity contribution in [3.05, 3.63) is 34.8 Å². The Hall–Kier alpha value is -1.99. The molecule has 0 aliphatic carbocycles. The topological polar surface area (TPSA) is 73.3 Å². The van der Waals surface area contributed by atoms with Crippen molar-refractivity contribution >= 4 is 22.4 Å². The summed E-state index contributed by atoms with van der Waals surface area (Å²) in [6, 6.07) is 7.67. The Kier molecular flexibility index (Phi) is 5.85. The first-order valence-corrected chi connectivity index (χ1v) is 7.73. The lowest BCUT2D eigenvalue weighted by Crippen LogP contribution is -2.12. The molecule has 0 saturated heterocycles. The van der Waals surface area contributed by atoms with Crippen molar-refractivity contribution in [2.45, 2.75) is 25.9 Å². The molecular formula is C15H19N3O3S. The number of aromatic nitrogens is 2. The summed E-state index contributed by atoms with van der Waals surface area (Å²) < 4.78 is 10.4. The van der Waals surface area contributed by atoms with E-state index in [0.717, 1.165) is 16.3 Å². The molecule has 1 N–H and O–H groups in total. The largest absolute Gasteiger partial charge is 0.496 e. The van der Waals surface area contributed by atoms with Gasteiger partial charge in [-0.3, -0.25) is 4.79 Å². The number of carbonyl (C=O) groups excluding carboxylic acids is 1. The summed E-state index contributed by atoms with van der Waals surface area (Å²) in [5.41, 5.74) is 1.01. The van der Waals surface area contributed by atoms with Gasteiger partial charge in [-0.25, -0.2) is 0 Å². The Morgan fingerprint density at radius 3 is 2.82 bits per heavy atom. The Labute approximate surface area is 133 Å². The molecule has 118 valence electrons. The number of aryl methyl sites for hydroxylation is 1. The zero-order valence-corrected chi connectivity index (χ0v) is 13.6. The Morgan fingerprint density at radius 2 is 2.09 bits per heavy atom. The van der Waals surface area contributed by atoms with Gasteiger partial charge in [0, 0.05) is 13.5 Å². The highest BCUT2D eigenvalue weighted by atomic mass is 32.1. The van der Waals surface area contributed by atoms with Crippen molar-refractivity contribution in [2.24, 2.45) is 0 Å². The van der Waals surface area contributed by atoms with Gasteiger partial charge in [0.15, 0.2) is 0 Å². The fourth-order valence-electron chi connectivity index (χ4n) is 1.89. The average molecular weight is 321 g/mol. The molecule has 22 heavy (non-hydrogen) atoms. The van der Waals surface area contributed by atoms with Crippen LogP contribution in [0, 0.1) is 0 Å². The fourth-order valence-corrected chi connectivity index (χ4v) is 2.68. The number of amides is 1. The first-order valence-electron chi connectivity index (χ1n) is 6.92. The number of ether oxygens (including phenoxy) is 2. The summed E-state index contributed by atoms with van der Waals surface area (Å²) in [5, 5.41) is 11.9. The molecule has 1 atom stereocenters. The number of benzene rings is 1. The third-order valence-electron chi connectivity index (χ3n) is 3.20. The lowest BCUT2D eigenvalue weighted by Gasteiger charge is -2.07. The third-order valence-corrected chi connectivity index (χ3v) is 4.20. The van der Waals surface area contributed by atoms with Crippen LogP contribution in [0.5, 0.6) is 5.75 Å². The molecule has 0 fully saturated rings. The van der Waals surface area contributed by atoms with Crippen LogP contribution in [0.3, 0.4) is 0 Å². The second-order valence-corrected chi connectivity index (χ2v) is 5.69. The smallest absolute Gasteiger partial charge is 0.226 e. The molecule has 0 bridgehead atoms. The molecule has 2 aromatic rings. The van der Waals surface area contributed by atoms with Gasteiger partial charge in [0.1, 0.15) is 16.9 Å². The second kappa shape index (κ2) is 7.86. The molecule has 0 aliphatic rings. The van der Waals surface area contributed by atoms with E-state index in [4.69, 9.17) is 9.47 Å². The summed E-state index contributed by atoms with van der Waals surface area (Å²) in [6.07, 6.45) is 0.835. The van der Waals surface area contributed by atoms with E-state index in [1.807, 2.05) is 31.2 Å². The molecular weight excluding hydrogens is 302 g/mol. The van der Waals surface area contributed by atoms with Crippen molar-refractivity contribution in [3.63, 3.8) is 0 Å². The zero-order valence-electron chi connectivity index (χ0n) is 12.8. The lowest BCUT2D eigenvalue weighted by atomic mass is 10.1. The normalized spacial score (nSPS) is 12.0. The van der Waals surface area contributed by atoms with Gasteiger partial charge in [-0.1, -0.05) is 29.5 Å². The van der Waals surface area contributed by atoms with E-state index in [1.54, 1.807) is 14.2 Å². The van der Waals surface area contributed by atoms with Gasteiger partial charge in [0.05, 0.1) is 7.11 Å². The van der Waals surface area contributed by atoms with Crippen LogP contribution in [0.25, 0.3) is 0 Å². The van der Waals surface area contributed by atoms with Gasteiger partial charge in [-0.2, -0.15) is 0 Å². The van der Waals surface area contributed by atoms with Crippen LogP contribution in [-0.4, -0.2) is 30.3 Å². The van der Waals surface area contributed by atoms with Crippen molar-refractivity contribution in [3.8, 4) is 5.75 Å². The van der Waals surface area contributed by atoms with Gasteiger partial charge in [-0.05, 0) is 25.0 Å². The molecule has 1 aromatic carbocycles. The van der Waals surface area contributed by atoms with Crippen molar-refractivity contribution < 1.29 is 14.3 Å². The van der Waals surface area contributed by atoms with Crippen LogP contribution in [-0.2, 0) is 16.0 Å². The van der Waals surface area contributed by atoms with Gasteiger partial charge in [-0.15, -0.1) is 10.2 Å². The summed E-state index contributed by atoms with van der Waals surface area (Å²) in [6.45, 7) is 1.88. The predicted molar refractivity (Wildman–Crippen MR) is 85.3 cm³/mol. The molecule has 6 nitrogen and oxygen atoms in total. The minimum absolute atomic E-state index is 0.0984. The molecule has 7 heteroatoms. The van der Waals surface area contributed by atoms with Crippen LogP contribution in [0.4, 0.5) is 5.13 Å². The number of carbonyl (C=O) groups is 1. The molecule has 1 amide bonds. The fraction of sp³-hybridized carbons (Fsp3) is 0.400. The maximum atomic E-state index is 12.0. The molecule has 0 radical (unpaired) electrons. The number of nitrogens with one attached hydrogen (secondary N) is 1. The lowest BCUT2D eigenvalue weighted by molar-refractivity contribution is -0.116. The number of anilines is 1. The number of para-hydroxylation sites is 1. The molecule has 1 unspecified atom stereocenters. The van der Waals surface area contributed by atoms with Gasteiger partial charge in [0.2, 0.25) is 11.0 Å². The summed E-state index contributed by atoms with van der Waals surface area (Å²) in [5.74, 6) is 0.695. The van der Waals surface area contributed by atoms with Crippen molar-refractivity contribution in [1.29, 1.82) is 0 Å². The van der Waals surface area contributed by atoms with E-state index in [9.17, 15) is 4.79 Å². The monoisotopic (exact) mass is 321 g/mol. The highest BCUT2D eigenvalue weighted by Gasteiger charge is 2.13.